The Bertz CT molecular complexity index is 949. The molecule has 28 heavy (non-hydrogen) atoms. The molecule has 0 amide bonds. The van der Waals surface area contributed by atoms with Crippen LogP contribution in [0.5, 0.6) is 5.75 Å². The second-order valence-corrected chi connectivity index (χ2v) is 7.28. The maximum atomic E-state index is 6.29. The molecular weight excluding hydrogens is 382 g/mol. The van der Waals surface area contributed by atoms with Crippen molar-refractivity contribution in [1.82, 2.24) is 30.2 Å². The number of nitrogens with one attached hydrogen (secondary N) is 1. The molecule has 0 spiro atoms. The van der Waals surface area contributed by atoms with Crippen LogP contribution in [0.25, 0.3) is 22.6 Å². The molecule has 1 saturated carbocycles. The summed E-state index contributed by atoms with van der Waals surface area (Å²) in [5.74, 6) is 1.34. The molecule has 150 valence electrons. The van der Waals surface area contributed by atoms with Gasteiger partial charge in [-0.1, -0.05) is 24.4 Å². The minimum atomic E-state index is 0.176. The first kappa shape index (κ1) is 18.9. The first-order valence-electron chi connectivity index (χ1n) is 9.68. The second kappa shape index (κ2) is 8.32. The van der Waals surface area contributed by atoms with E-state index in [4.69, 9.17) is 26.7 Å². The minimum absolute atomic E-state index is 0.176. The number of aryl methyl sites for hydroxylation is 1. The molecule has 0 aliphatic heterocycles. The van der Waals surface area contributed by atoms with Crippen molar-refractivity contribution in [3.8, 4) is 17.3 Å². The van der Waals surface area contributed by atoms with Gasteiger partial charge in [0.15, 0.2) is 28.2 Å². The Labute approximate surface area is 167 Å². The lowest BCUT2D eigenvalue weighted by molar-refractivity contribution is 0.305. The third kappa shape index (κ3) is 3.64. The maximum absolute atomic E-state index is 6.29. The largest absolute Gasteiger partial charge is 0.490 e. The number of rotatable bonds is 8. The highest BCUT2D eigenvalue weighted by Gasteiger charge is 2.23. The standard InChI is InChI=1S/C18H24ClN7O2/c1-2-26-15-12(27-9-5-8-21-11-6-3-4-7-11)10-22-16(19)13(15)23-18(26)14-17(20)25-28-24-14/h10-11,21H,2-9H2,1H3,(H2,20,25). The molecule has 0 atom stereocenters. The number of nitrogens with two attached hydrogens (primary N) is 1. The highest BCUT2D eigenvalue weighted by atomic mass is 35.5. The van der Waals surface area contributed by atoms with E-state index in [1.165, 1.54) is 25.7 Å². The first-order chi connectivity index (χ1) is 13.7. The quantitative estimate of drug-likeness (QED) is 0.433. The van der Waals surface area contributed by atoms with Gasteiger partial charge in [-0.25, -0.2) is 14.6 Å². The lowest BCUT2D eigenvalue weighted by atomic mass is 10.2. The molecule has 0 unspecified atom stereocenters. The molecule has 0 aromatic carbocycles. The molecular formula is C18H24ClN7O2. The van der Waals surface area contributed by atoms with E-state index in [0.29, 0.717) is 47.1 Å². The van der Waals surface area contributed by atoms with E-state index in [2.05, 4.69) is 25.6 Å². The predicted octanol–water partition coefficient (Wildman–Crippen LogP) is 3.04. The van der Waals surface area contributed by atoms with E-state index in [-0.39, 0.29) is 5.82 Å². The predicted molar refractivity (Wildman–Crippen MR) is 106 cm³/mol. The summed E-state index contributed by atoms with van der Waals surface area (Å²) in [6, 6.07) is 0.662. The van der Waals surface area contributed by atoms with Crippen LogP contribution in [-0.2, 0) is 6.54 Å². The molecule has 10 heteroatoms. The van der Waals surface area contributed by atoms with E-state index < -0.39 is 0 Å². The molecule has 1 fully saturated rings. The van der Waals surface area contributed by atoms with Crippen molar-refractivity contribution in [1.29, 1.82) is 0 Å². The third-order valence-corrected chi connectivity index (χ3v) is 5.38. The van der Waals surface area contributed by atoms with Gasteiger partial charge in [0.2, 0.25) is 0 Å². The van der Waals surface area contributed by atoms with Gasteiger partial charge in [-0.3, -0.25) is 0 Å². The van der Waals surface area contributed by atoms with Gasteiger partial charge >= 0.3 is 0 Å². The van der Waals surface area contributed by atoms with Crippen LogP contribution in [0.2, 0.25) is 5.15 Å². The topological polar surface area (TPSA) is 117 Å². The van der Waals surface area contributed by atoms with Crippen molar-refractivity contribution in [2.24, 2.45) is 0 Å². The molecule has 0 bridgehead atoms. The van der Waals surface area contributed by atoms with Crippen LogP contribution >= 0.6 is 11.6 Å². The van der Waals surface area contributed by atoms with Crippen LogP contribution in [-0.4, -0.2) is 44.0 Å². The zero-order chi connectivity index (χ0) is 19.5. The molecule has 3 aromatic heterocycles. The third-order valence-electron chi connectivity index (χ3n) is 5.10. The Morgan fingerprint density at radius 3 is 2.89 bits per heavy atom. The molecule has 3 aromatic rings. The highest BCUT2D eigenvalue weighted by molar-refractivity contribution is 6.34. The van der Waals surface area contributed by atoms with Crippen molar-refractivity contribution < 1.29 is 9.37 Å². The zero-order valence-electron chi connectivity index (χ0n) is 15.8. The molecule has 3 heterocycles. The van der Waals surface area contributed by atoms with Gasteiger partial charge in [-0.2, -0.15) is 0 Å². The number of nitrogen functional groups attached to an aromatic ring is 1. The van der Waals surface area contributed by atoms with E-state index in [9.17, 15) is 0 Å². The van der Waals surface area contributed by atoms with Crippen molar-refractivity contribution in [3.05, 3.63) is 11.3 Å². The molecule has 1 aliphatic rings. The van der Waals surface area contributed by atoms with E-state index in [1.807, 2.05) is 11.5 Å². The fourth-order valence-electron chi connectivity index (χ4n) is 3.72. The summed E-state index contributed by atoms with van der Waals surface area (Å²) in [5, 5.41) is 11.4. The number of hydrogen-bond acceptors (Lipinski definition) is 8. The molecule has 0 radical (unpaired) electrons. The maximum Gasteiger partial charge on any atom is 0.199 e. The summed E-state index contributed by atoms with van der Waals surface area (Å²) in [6.45, 7) is 4.14. The summed E-state index contributed by atoms with van der Waals surface area (Å²) in [4.78, 5) is 8.80. The van der Waals surface area contributed by atoms with Gasteiger partial charge in [0, 0.05) is 12.6 Å². The number of hydrogen-bond donors (Lipinski definition) is 2. The van der Waals surface area contributed by atoms with Gasteiger partial charge in [0.25, 0.3) is 0 Å². The number of anilines is 1. The second-order valence-electron chi connectivity index (χ2n) is 6.93. The summed E-state index contributed by atoms with van der Waals surface area (Å²) in [6.07, 6.45) is 7.77. The van der Waals surface area contributed by atoms with E-state index >= 15 is 0 Å². The summed E-state index contributed by atoms with van der Waals surface area (Å²) in [7, 11) is 0. The van der Waals surface area contributed by atoms with Gasteiger partial charge in [0.05, 0.1) is 12.8 Å². The average molecular weight is 406 g/mol. The number of pyridine rings is 1. The Kier molecular flexibility index (Phi) is 5.63. The van der Waals surface area contributed by atoms with E-state index in [0.717, 1.165) is 18.5 Å². The van der Waals surface area contributed by atoms with Crippen LogP contribution in [0, 0.1) is 0 Å². The fraction of sp³-hybridized carbons (Fsp3) is 0.556. The Morgan fingerprint density at radius 1 is 1.36 bits per heavy atom. The Hall–Kier alpha value is -2.39. The van der Waals surface area contributed by atoms with Crippen LogP contribution in [0.4, 0.5) is 5.82 Å². The highest BCUT2D eigenvalue weighted by Crippen LogP contribution is 2.34. The number of ether oxygens (including phenoxy) is 1. The SMILES string of the molecule is CCn1c(-c2nonc2N)nc2c(Cl)ncc(OCCCNC3CCCC3)c21. The van der Waals surface area contributed by atoms with Gasteiger partial charge in [0.1, 0.15) is 11.0 Å². The molecule has 1 aliphatic carbocycles. The monoisotopic (exact) mass is 405 g/mol. The lowest BCUT2D eigenvalue weighted by Crippen LogP contribution is -2.27. The number of nitrogens with zero attached hydrogens (tertiary/aromatic N) is 5. The van der Waals surface area contributed by atoms with Crippen molar-refractivity contribution in [2.45, 2.75) is 51.6 Å². The normalized spacial score (nSPS) is 14.9. The van der Waals surface area contributed by atoms with E-state index in [1.54, 1.807) is 6.20 Å². The Morgan fingerprint density at radius 2 is 2.18 bits per heavy atom. The molecule has 3 N–H and O–H groups in total. The molecule has 9 nitrogen and oxygen atoms in total. The van der Waals surface area contributed by atoms with Crippen LogP contribution in [0.15, 0.2) is 10.8 Å². The van der Waals surface area contributed by atoms with Crippen LogP contribution in [0.1, 0.15) is 39.0 Å². The van der Waals surface area contributed by atoms with Crippen molar-refractivity contribution >= 4 is 28.5 Å². The summed E-state index contributed by atoms with van der Waals surface area (Å²) < 4.78 is 12.7. The molecule has 0 saturated heterocycles. The first-order valence-corrected chi connectivity index (χ1v) is 10.1. The Balaban J connectivity index is 1.54. The lowest BCUT2D eigenvalue weighted by Gasteiger charge is -2.13. The summed E-state index contributed by atoms with van der Waals surface area (Å²) >= 11 is 6.29. The summed E-state index contributed by atoms with van der Waals surface area (Å²) in [5.41, 5.74) is 7.54. The molecule has 4 rings (SSSR count). The smallest absolute Gasteiger partial charge is 0.199 e. The van der Waals surface area contributed by atoms with Crippen LogP contribution < -0.4 is 15.8 Å². The number of halogens is 1. The number of imidazole rings is 1. The van der Waals surface area contributed by atoms with Gasteiger partial charge < -0.3 is 20.4 Å². The zero-order valence-corrected chi connectivity index (χ0v) is 16.6. The minimum Gasteiger partial charge on any atom is -0.490 e. The van der Waals surface area contributed by atoms with Gasteiger partial charge in [-0.05, 0) is 43.0 Å². The van der Waals surface area contributed by atoms with Crippen molar-refractivity contribution in [2.75, 3.05) is 18.9 Å². The van der Waals surface area contributed by atoms with Crippen molar-refractivity contribution in [3.63, 3.8) is 0 Å². The number of fused-ring (bicyclic) bond motifs is 1. The fourth-order valence-corrected chi connectivity index (χ4v) is 3.90. The van der Waals surface area contributed by atoms with Gasteiger partial charge in [-0.15, -0.1) is 0 Å². The number of aromatic nitrogens is 5. The average Bonchev–Trinajstić information content (AvgIpc) is 3.42. The van der Waals surface area contributed by atoms with Crippen LogP contribution in [0.3, 0.4) is 0 Å².